The minimum absolute atomic E-state index is 0.0508. The number of carbonyl (C=O) groups excluding carboxylic acids is 1. The van der Waals surface area contributed by atoms with Gasteiger partial charge < -0.3 is 10.2 Å². The Balaban J connectivity index is 1.93. The number of nitrogens with zero attached hydrogens (tertiary/aromatic N) is 2. The van der Waals surface area contributed by atoms with E-state index in [2.05, 4.69) is 10.3 Å². The van der Waals surface area contributed by atoms with E-state index < -0.39 is 0 Å². The first-order chi connectivity index (χ1) is 8.66. The molecule has 1 fully saturated rings. The topological polar surface area (TPSA) is 45.2 Å². The lowest BCUT2D eigenvalue weighted by atomic mass is 10.0. The predicted molar refractivity (Wildman–Crippen MR) is 71.6 cm³/mol. The first kappa shape index (κ1) is 13.0. The molecule has 0 saturated carbocycles. The average Bonchev–Trinajstić information content (AvgIpc) is 2.40. The van der Waals surface area contributed by atoms with E-state index >= 15 is 0 Å². The van der Waals surface area contributed by atoms with Gasteiger partial charge in [0.15, 0.2) is 0 Å². The number of hydrogen-bond acceptors (Lipinski definition) is 3. The summed E-state index contributed by atoms with van der Waals surface area (Å²) in [6.45, 7) is 3.76. The second-order valence-electron chi connectivity index (χ2n) is 5.02. The molecule has 98 valence electrons. The van der Waals surface area contributed by atoms with E-state index in [9.17, 15) is 4.79 Å². The number of nitrogens with one attached hydrogen (secondary N) is 1. The third-order valence-corrected chi connectivity index (χ3v) is 3.41. The maximum absolute atomic E-state index is 12.2. The van der Waals surface area contributed by atoms with Gasteiger partial charge in [-0.3, -0.25) is 9.78 Å². The van der Waals surface area contributed by atoms with Gasteiger partial charge in [0.25, 0.3) is 5.91 Å². The number of likely N-dealkylation sites (N-methyl/N-ethyl adjacent to an activating group) is 1. The average molecular weight is 247 g/mol. The summed E-state index contributed by atoms with van der Waals surface area (Å²) < 4.78 is 0. The third kappa shape index (κ3) is 3.29. The summed E-state index contributed by atoms with van der Waals surface area (Å²) in [6, 6.07) is 4.15. The Hall–Kier alpha value is -1.42. The summed E-state index contributed by atoms with van der Waals surface area (Å²) >= 11 is 0. The zero-order valence-corrected chi connectivity index (χ0v) is 11.1. The minimum Gasteiger partial charge on any atom is -0.340 e. The maximum atomic E-state index is 12.2. The molecule has 0 aromatic carbocycles. The fourth-order valence-electron chi connectivity index (χ4n) is 2.31. The number of piperidine rings is 1. The largest absolute Gasteiger partial charge is 0.340 e. The predicted octanol–water partition coefficient (Wildman–Crippen LogP) is 1.60. The van der Waals surface area contributed by atoms with Crippen molar-refractivity contribution in [3.05, 3.63) is 29.6 Å². The van der Waals surface area contributed by atoms with Crippen molar-refractivity contribution in [2.45, 2.75) is 32.2 Å². The molecule has 2 heterocycles. The van der Waals surface area contributed by atoms with E-state index in [1.807, 2.05) is 26.1 Å². The molecule has 1 unspecified atom stereocenters. The summed E-state index contributed by atoms with van der Waals surface area (Å²) in [5.74, 6) is 0.0508. The van der Waals surface area contributed by atoms with E-state index in [0.29, 0.717) is 11.6 Å². The molecule has 1 atom stereocenters. The smallest absolute Gasteiger partial charge is 0.255 e. The molecule has 0 aliphatic carbocycles. The number of hydrogen-bond donors (Lipinski definition) is 1. The molecular formula is C14H21N3O. The molecule has 0 radical (unpaired) electrons. The second kappa shape index (κ2) is 5.96. The number of amides is 1. The van der Waals surface area contributed by atoms with Gasteiger partial charge in [0, 0.05) is 31.5 Å². The van der Waals surface area contributed by atoms with Crippen molar-refractivity contribution in [3.8, 4) is 0 Å². The Morgan fingerprint density at radius 2 is 2.33 bits per heavy atom. The summed E-state index contributed by atoms with van der Waals surface area (Å²) in [4.78, 5) is 18.1. The first-order valence-corrected chi connectivity index (χ1v) is 6.58. The molecule has 1 aromatic rings. The zero-order chi connectivity index (χ0) is 13.0. The highest BCUT2D eigenvalue weighted by atomic mass is 16.2. The minimum atomic E-state index is 0.0508. The van der Waals surface area contributed by atoms with Crippen LogP contribution in [0.3, 0.4) is 0 Å². The Labute approximate surface area is 108 Å². The van der Waals surface area contributed by atoms with Crippen molar-refractivity contribution in [2.24, 2.45) is 0 Å². The quantitative estimate of drug-likeness (QED) is 0.882. The van der Waals surface area contributed by atoms with Crippen LogP contribution in [-0.2, 0) is 0 Å². The van der Waals surface area contributed by atoms with Gasteiger partial charge in [0.05, 0.1) is 5.56 Å². The van der Waals surface area contributed by atoms with Gasteiger partial charge in [-0.2, -0.15) is 0 Å². The van der Waals surface area contributed by atoms with Crippen LogP contribution in [0.4, 0.5) is 0 Å². The van der Waals surface area contributed by atoms with Gasteiger partial charge in [-0.15, -0.1) is 0 Å². The van der Waals surface area contributed by atoms with Crippen LogP contribution in [0.5, 0.6) is 0 Å². The molecule has 1 N–H and O–H groups in total. The Kier molecular flexibility index (Phi) is 4.31. The van der Waals surface area contributed by atoms with Gasteiger partial charge in [0.2, 0.25) is 0 Å². The summed E-state index contributed by atoms with van der Waals surface area (Å²) in [7, 11) is 1.86. The summed E-state index contributed by atoms with van der Waals surface area (Å²) in [5.41, 5.74) is 1.60. The van der Waals surface area contributed by atoms with Gasteiger partial charge >= 0.3 is 0 Å². The third-order valence-electron chi connectivity index (χ3n) is 3.41. The van der Waals surface area contributed by atoms with Crippen LogP contribution >= 0.6 is 0 Å². The van der Waals surface area contributed by atoms with Gasteiger partial charge in [-0.05, 0) is 38.4 Å². The number of aromatic nitrogens is 1. The molecule has 1 amide bonds. The standard InChI is InChI=1S/C14H21N3O/c1-11-6-7-12(9-16-11)14(18)17(2)10-13-5-3-4-8-15-13/h6-7,9,13,15H,3-5,8,10H2,1-2H3. The highest BCUT2D eigenvalue weighted by Crippen LogP contribution is 2.10. The van der Waals surface area contributed by atoms with Crippen LogP contribution in [0.1, 0.15) is 35.3 Å². The summed E-state index contributed by atoms with van der Waals surface area (Å²) in [5, 5.41) is 3.46. The van der Waals surface area contributed by atoms with Crippen molar-refractivity contribution < 1.29 is 4.79 Å². The molecule has 2 rings (SSSR count). The van der Waals surface area contributed by atoms with Crippen molar-refractivity contribution in [1.29, 1.82) is 0 Å². The monoisotopic (exact) mass is 247 g/mol. The Morgan fingerprint density at radius 3 is 2.94 bits per heavy atom. The number of aryl methyl sites for hydroxylation is 1. The van der Waals surface area contributed by atoms with E-state index in [4.69, 9.17) is 0 Å². The van der Waals surface area contributed by atoms with E-state index in [1.54, 1.807) is 11.1 Å². The molecule has 1 saturated heterocycles. The Bertz CT molecular complexity index is 396. The van der Waals surface area contributed by atoms with Crippen LogP contribution in [0.25, 0.3) is 0 Å². The van der Waals surface area contributed by atoms with E-state index in [1.165, 1.54) is 12.8 Å². The van der Waals surface area contributed by atoms with Crippen LogP contribution in [-0.4, -0.2) is 42.0 Å². The van der Waals surface area contributed by atoms with Crippen LogP contribution in [0.2, 0.25) is 0 Å². The van der Waals surface area contributed by atoms with E-state index in [0.717, 1.165) is 25.2 Å². The van der Waals surface area contributed by atoms with Crippen LogP contribution in [0.15, 0.2) is 18.3 Å². The van der Waals surface area contributed by atoms with Gasteiger partial charge in [0.1, 0.15) is 0 Å². The molecule has 0 bridgehead atoms. The molecule has 4 heteroatoms. The first-order valence-electron chi connectivity index (χ1n) is 6.58. The zero-order valence-electron chi connectivity index (χ0n) is 11.1. The lowest BCUT2D eigenvalue weighted by Crippen LogP contribution is -2.44. The number of pyridine rings is 1. The van der Waals surface area contributed by atoms with Crippen molar-refractivity contribution in [1.82, 2.24) is 15.2 Å². The van der Waals surface area contributed by atoms with Gasteiger partial charge in [-0.1, -0.05) is 6.42 Å². The lowest BCUT2D eigenvalue weighted by Gasteiger charge is -2.28. The fourth-order valence-corrected chi connectivity index (χ4v) is 2.31. The summed E-state index contributed by atoms with van der Waals surface area (Å²) in [6.07, 6.45) is 5.31. The van der Waals surface area contributed by atoms with Crippen molar-refractivity contribution >= 4 is 5.91 Å². The van der Waals surface area contributed by atoms with Crippen LogP contribution < -0.4 is 5.32 Å². The molecule has 1 aliphatic rings. The van der Waals surface area contributed by atoms with Crippen molar-refractivity contribution in [2.75, 3.05) is 20.1 Å². The second-order valence-corrected chi connectivity index (χ2v) is 5.02. The number of carbonyl (C=O) groups is 1. The number of rotatable bonds is 3. The molecule has 1 aliphatic heterocycles. The van der Waals surface area contributed by atoms with E-state index in [-0.39, 0.29) is 5.91 Å². The fraction of sp³-hybridized carbons (Fsp3) is 0.571. The molecule has 18 heavy (non-hydrogen) atoms. The van der Waals surface area contributed by atoms with Crippen LogP contribution in [0, 0.1) is 6.92 Å². The molecule has 0 spiro atoms. The SMILES string of the molecule is Cc1ccc(C(=O)N(C)CC2CCCCN2)cn1. The molecular weight excluding hydrogens is 226 g/mol. The molecule has 1 aromatic heterocycles. The molecule has 4 nitrogen and oxygen atoms in total. The Morgan fingerprint density at radius 1 is 1.50 bits per heavy atom. The van der Waals surface area contributed by atoms with Gasteiger partial charge in [-0.25, -0.2) is 0 Å². The normalized spacial score (nSPS) is 19.6. The highest BCUT2D eigenvalue weighted by molar-refractivity contribution is 5.93. The lowest BCUT2D eigenvalue weighted by molar-refractivity contribution is 0.0775. The van der Waals surface area contributed by atoms with Crippen molar-refractivity contribution in [3.63, 3.8) is 0 Å². The highest BCUT2D eigenvalue weighted by Gasteiger charge is 2.18. The maximum Gasteiger partial charge on any atom is 0.255 e.